The van der Waals surface area contributed by atoms with Gasteiger partial charge in [-0.2, -0.15) is 0 Å². The van der Waals surface area contributed by atoms with Crippen molar-refractivity contribution in [3.05, 3.63) is 35.5 Å². The molecule has 0 aromatic heterocycles. The SMILES string of the molecule is C=C1C(=O)OC2C=C(C)CCC=C(COC(=O)C(C)CC)C(OC(C)=O)C(O)C12. The van der Waals surface area contributed by atoms with E-state index < -0.39 is 36.2 Å². The van der Waals surface area contributed by atoms with Gasteiger partial charge in [0, 0.05) is 18.1 Å². The molecule has 7 nitrogen and oxygen atoms in total. The summed E-state index contributed by atoms with van der Waals surface area (Å²) in [7, 11) is 0. The van der Waals surface area contributed by atoms with Gasteiger partial charge < -0.3 is 19.3 Å². The lowest BCUT2D eigenvalue weighted by Gasteiger charge is -2.31. The van der Waals surface area contributed by atoms with E-state index in [0.717, 1.165) is 5.57 Å². The Bertz CT molecular complexity index is 733. The van der Waals surface area contributed by atoms with Crippen molar-refractivity contribution in [1.29, 1.82) is 0 Å². The van der Waals surface area contributed by atoms with E-state index in [1.165, 1.54) is 6.92 Å². The maximum absolute atomic E-state index is 12.1. The Morgan fingerprint density at radius 3 is 2.72 bits per heavy atom. The average molecular weight is 406 g/mol. The highest BCUT2D eigenvalue weighted by Crippen LogP contribution is 2.35. The van der Waals surface area contributed by atoms with Gasteiger partial charge in [0.15, 0.2) is 6.10 Å². The van der Waals surface area contributed by atoms with Crippen LogP contribution in [0.2, 0.25) is 0 Å². The van der Waals surface area contributed by atoms with Crippen molar-refractivity contribution in [3.63, 3.8) is 0 Å². The Labute approximate surface area is 171 Å². The van der Waals surface area contributed by atoms with Gasteiger partial charge in [-0.25, -0.2) is 4.79 Å². The molecule has 5 atom stereocenters. The highest BCUT2D eigenvalue weighted by molar-refractivity contribution is 5.91. The first-order valence-corrected chi connectivity index (χ1v) is 9.93. The predicted molar refractivity (Wildman–Crippen MR) is 106 cm³/mol. The van der Waals surface area contributed by atoms with Crippen molar-refractivity contribution in [2.75, 3.05) is 6.61 Å². The number of aliphatic hydroxyl groups excluding tert-OH is 1. The summed E-state index contributed by atoms with van der Waals surface area (Å²) in [6, 6.07) is 0. The van der Waals surface area contributed by atoms with Crippen molar-refractivity contribution < 1.29 is 33.7 Å². The van der Waals surface area contributed by atoms with Crippen LogP contribution in [0.5, 0.6) is 0 Å². The lowest BCUT2D eigenvalue weighted by atomic mass is 9.84. The predicted octanol–water partition coefficient (Wildman–Crippen LogP) is 2.63. The third kappa shape index (κ3) is 5.56. The number of rotatable bonds is 5. The Morgan fingerprint density at radius 2 is 2.10 bits per heavy atom. The van der Waals surface area contributed by atoms with Crippen molar-refractivity contribution in [3.8, 4) is 0 Å². The molecule has 2 aliphatic rings. The summed E-state index contributed by atoms with van der Waals surface area (Å²) in [5, 5.41) is 11.1. The number of allylic oxidation sites excluding steroid dienone is 2. The van der Waals surface area contributed by atoms with Crippen LogP contribution in [0.15, 0.2) is 35.5 Å². The summed E-state index contributed by atoms with van der Waals surface area (Å²) in [6.45, 7) is 10.5. The Morgan fingerprint density at radius 1 is 1.41 bits per heavy atom. The number of ether oxygens (including phenoxy) is 3. The van der Waals surface area contributed by atoms with Crippen LogP contribution in [0.3, 0.4) is 0 Å². The van der Waals surface area contributed by atoms with Crippen molar-refractivity contribution >= 4 is 17.9 Å². The lowest BCUT2D eigenvalue weighted by Crippen LogP contribution is -2.42. The van der Waals surface area contributed by atoms with Gasteiger partial charge in [0.05, 0.1) is 11.8 Å². The molecule has 29 heavy (non-hydrogen) atoms. The van der Waals surface area contributed by atoms with Gasteiger partial charge in [0.2, 0.25) is 0 Å². The molecule has 0 amide bonds. The normalized spacial score (nSPS) is 28.4. The van der Waals surface area contributed by atoms with Crippen LogP contribution in [0.25, 0.3) is 0 Å². The van der Waals surface area contributed by atoms with Crippen LogP contribution < -0.4 is 0 Å². The molecule has 1 aliphatic carbocycles. The van der Waals surface area contributed by atoms with Gasteiger partial charge in [-0.05, 0) is 32.3 Å². The highest BCUT2D eigenvalue weighted by atomic mass is 16.6. The maximum Gasteiger partial charge on any atom is 0.334 e. The minimum atomic E-state index is -1.28. The van der Waals surface area contributed by atoms with Gasteiger partial charge >= 0.3 is 17.9 Å². The van der Waals surface area contributed by atoms with Crippen LogP contribution in [0, 0.1) is 11.8 Å². The first kappa shape index (κ1) is 22.9. The molecule has 1 N–H and O–H groups in total. The summed E-state index contributed by atoms with van der Waals surface area (Å²) < 4.78 is 16.2. The van der Waals surface area contributed by atoms with Crippen molar-refractivity contribution in [1.82, 2.24) is 0 Å². The monoisotopic (exact) mass is 406 g/mol. The minimum Gasteiger partial charge on any atom is -0.461 e. The zero-order chi connectivity index (χ0) is 21.7. The Balaban J connectivity index is 2.37. The summed E-state index contributed by atoms with van der Waals surface area (Å²) in [5.74, 6) is -2.57. The van der Waals surface area contributed by atoms with E-state index in [1.807, 2.05) is 19.9 Å². The van der Waals surface area contributed by atoms with Crippen LogP contribution in [0.1, 0.15) is 47.0 Å². The van der Waals surface area contributed by atoms with E-state index in [1.54, 1.807) is 13.0 Å². The molecule has 1 aliphatic heterocycles. The zero-order valence-electron chi connectivity index (χ0n) is 17.5. The number of aliphatic hydroxyl groups is 1. The maximum atomic E-state index is 12.1. The second-order valence-corrected chi connectivity index (χ2v) is 7.69. The molecule has 2 rings (SSSR count). The van der Waals surface area contributed by atoms with E-state index in [4.69, 9.17) is 14.2 Å². The lowest BCUT2D eigenvalue weighted by molar-refractivity contribution is -0.154. The molecule has 7 heteroatoms. The molecule has 1 heterocycles. The molecule has 0 aromatic carbocycles. The minimum absolute atomic E-state index is 0.111. The van der Waals surface area contributed by atoms with E-state index in [2.05, 4.69) is 6.58 Å². The summed E-state index contributed by atoms with van der Waals surface area (Å²) in [6.07, 6.45) is 2.48. The topological polar surface area (TPSA) is 99.1 Å². The van der Waals surface area contributed by atoms with Crippen LogP contribution in [-0.2, 0) is 28.6 Å². The van der Waals surface area contributed by atoms with Crippen molar-refractivity contribution in [2.45, 2.75) is 65.3 Å². The average Bonchev–Trinajstić information content (AvgIpc) is 2.93. The fourth-order valence-corrected chi connectivity index (χ4v) is 3.45. The Hall–Kier alpha value is -2.41. The smallest absolute Gasteiger partial charge is 0.334 e. The second-order valence-electron chi connectivity index (χ2n) is 7.69. The van der Waals surface area contributed by atoms with E-state index in [0.29, 0.717) is 24.8 Å². The first-order valence-electron chi connectivity index (χ1n) is 9.93. The van der Waals surface area contributed by atoms with Gasteiger partial charge in [0.25, 0.3) is 0 Å². The number of hydrogen-bond acceptors (Lipinski definition) is 7. The molecule has 0 saturated carbocycles. The molecule has 0 bridgehead atoms. The molecule has 1 fully saturated rings. The molecular weight excluding hydrogens is 376 g/mol. The highest BCUT2D eigenvalue weighted by Gasteiger charge is 2.46. The number of esters is 3. The number of carbonyl (C=O) groups is 3. The third-order valence-corrected chi connectivity index (χ3v) is 5.39. The fraction of sp³-hybridized carbons (Fsp3) is 0.591. The summed E-state index contributed by atoms with van der Waals surface area (Å²) in [5.41, 5.74) is 1.60. The van der Waals surface area contributed by atoms with Gasteiger partial charge in [-0.3, -0.25) is 9.59 Å². The van der Waals surface area contributed by atoms with Crippen LogP contribution in [0.4, 0.5) is 0 Å². The number of carbonyl (C=O) groups excluding carboxylic acids is 3. The second kappa shape index (κ2) is 9.87. The van der Waals surface area contributed by atoms with Gasteiger partial charge in [-0.1, -0.05) is 32.1 Å². The molecule has 0 radical (unpaired) electrons. The van der Waals surface area contributed by atoms with Crippen molar-refractivity contribution in [2.24, 2.45) is 11.8 Å². The first-order chi connectivity index (χ1) is 13.6. The largest absolute Gasteiger partial charge is 0.461 e. The molecule has 5 unspecified atom stereocenters. The number of hydrogen-bond donors (Lipinski definition) is 1. The molecule has 0 spiro atoms. The van der Waals surface area contributed by atoms with Crippen LogP contribution in [-0.4, -0.2) is 47.9 Å². The quantitative estimate of drug-likeness (QED) is 0.324. The molecular formula is C22H30O7. The molecule has 1 saturated heterocycles. The van der Waals surface area contributed by atoms with Gasteiger partial charge in [0.1, 0.15) is 18.8 Å². The summed E-state index contributed by atoms with van der Waals surface area (Å²) in [4.78, 5) is 35.9. The van der Waals surface area contributed by atoms with Crippen LogP contribution >= 0.6 is 0 Å². The van der Waals surface area contributed by atoms with E-state index >= 15 is 0 Å². The fourth-order valence-electron chi connectivity index (χ4n) is 3.45. The zero-order valence-corrected chi connectivity index (χ0v) is 17.5. The summed E-state index contributed by atoms with van der Waals surface area (Å²) >= 11 is 0. The molecule has 160 valence electrons. The number of fused-ring (bicyclic) bond motifs is 1. The van der Waals surface area contributed by atoms with Gasteiger partial charge in [-0.15, -0.1) is 0 Å². The third-order valence-electron chi connectivity index (χ3n) is 5.39. The molecule has 0 aromatic rings. The van der Waals surface area contributed by atoms with E-state index in [-0.39, 0.29) is 24.1 Å². The standard InChI is InChI=1S/C22H30O7/c1-6-13(3)21(25)27-11-16-9-7-8-12(2)10-17-18(14(4)22(26)29-17)19(24)20(16)28-15(5)23/h9-10,13,17-20,24H,4,6-8,11H2,1-3,5H3. The Kier molecular flexibility index (Phi) is 7.79. The van der Waals surface area contributed by atoms with E-state index in [9.17, 15) is 19.5 Å².